The molecule has 2 rings (SSSR count). The van der Waals surface area contributed by atoms with E-state index in [1.54, 1.807) is 7.11 Å². The van der Waals surface area contributed by atoms with Crippen LogP contribution in [0.2, 0.25) is 0 Å². The Hall–Kier alpha value is -1.26. The molecule has 4 nitrogen and oxygen atoms in total. The first kappa shape index (κ1) is 15.1. The van der Waals surface area contributed by atoms with Crippen molar-refractivity contribution in [1.82, 2.24) is 5.32 Å². The van der Waals surface area contributed by atoms with Gasteiger partial charge in [-0.1, -0.05) is 6.07 Å². The van der Waals surface area contributed by atoms with Crippen LogP contribution in [0, 0.1) is 0 Å². The van der Waals surface area contributed by atoms with Crippen molar-refractivity contribution in [3.63, 3.8) is 0 Å². The van der Waals surface area contributed by atoms with Crippen molar-refractivity contribution in [1.29, 1.82) is 0 Å². The van der Waals surface area contributed by atoms with Crippen LogP contribution in [0.3, 0.4) is 0 Å². The number of methoxy groups -OCH3 is 1. The van der Waals surface area contributed by atoms with Gasteiger partial charge in [0, 0.05) is 24.3 Å². The summed E-state index contributed by atoms with van der Waals surface area (Å²) in [5.74, 6) is 1.69. The molecule has 0 aliphatic carbocycles. The van der Waals surface area contributed by atoms with Gasteiger partial charge in [-0.2, -0.15) is 0 Å². The Balaban J connectivity index is 2.06. The first-order valence-electron chi connectivity index (χ1n) is 7.34. The number of hydrogen-bond donors (Lipinski definition) is 1. The largest absolute Gasteiger partial charge is 0.497 e. The van der Waals surface area contributed by atoms with Gasteiger partial charge in [0.1, 0.15) is 18.1 Å². The van der Waals surface area contributed by atoms with Crippen LogP contribution in [0.4, 0.5) is 0 Å². The average molecular weight is 279 g/mol. The second-order valence-electron chi connectivity index (χ2n) is 5.21. The van der Waals surface area contributed by atoms with Crippen molar-refractivity contribution < 1.29 is 14.2 Å². The first-order chi connectivity index (χ1) is 9.74. The number of rotatable bonds is 6. The van der Waals surface area contributed by atoms with Crippen molar-refractivity contribution in [3.8, 4) is 11.5 Å². The van der Waals surface area contributed by atoms with Crippen LogP contribution in [-0.2, 0) is 4.74 Å². The monoisotopic (exact) mass is 279 g/mol. The Labute approximate surface area is 121 Å². The standard InChI is InChI=1S/C16H25NO3/c1-12(17-2)15-8-7-13(18-3)10-16(15)20-11-14-6-4-5-9-19-14/h7-8,10,12,14,17H,4-6,9,11H2,1-3H3. The molecule has 0 saturated carbocycles. The summed E-state index contributed by atoms with van der Waals surface area (Å²) >= 11 is 0. The van der Waals surface area contributed by atoms with Crippen molar-refractivity contribution in [2.75, 3.05) is 27.4 Å². The third-order valence-corrected chi connectivity index (χ3v) is 3.82. The summed E-state index contributed by atoms with van der Waals surface area (Å²) in [4.78, 5) is 0. The highest BCUT2D eigenvalue weighted by Crippen LogP contribution is 2.30. The van der Waals surface area contributed by atoms with Crippen LogP contribution in [0.15, 0.2) is 18.2 Å². The van der Waals surface area contributed by atoms with Gasteiger partial charge in [-0.3, -0.25) is 0 Å². The van der Waals surface area contributed by atoms with Gasteiger partial charge in [0.15, 0.2) is 0 Å². The molecule has 0 radical (unpaired) electrons. The summed E-state index contributed by atoms with van der Waals surface area (Å²) in [6, 6.07) is 6.21. The van der Waals surface area contributed by atoms with E-state index < -0.39 is 0 Å². The SMILES string of the molecule is CNC(C)c1ccc(OC)cc1OCC1CCCCO1. The normalized spacial score (nSPS) is 20.4. The van der Waals surface area contributed by atoms with Gasteiger partial charge in [0.2, 0.25) is 0 Å². The molecule has 0 spiro atoms. The van der Waals surface area contributed by atoms with E-state index in [1.165, 1.54) is 6.42 Å². The Kier molecular flexibility index (Phi) is 5.68. The Bertz CT molecular complexity index is 416. The molecule has 2 atom stereocenters. The maximum absolute atomic E-state index is 6.00. The molecular weight excluding hydrogens is 254 g/mol. The average Bonchev–Trinajstić information content (AvgIpc) is 2.52. The summed E-state index contributed by atoms with van der Waals surface area (Å²) in [7, 11) is 3.62. The topological polar surface area (TPSA) is 39.7 Å². The van der Waals surface area contributed by atoms with Crippen LogP contribution < -0.4 is 14.8 Å². The number of benzene rings is 1. The molecule has 1 aromatic carbocycles. The molecule has 1 aromatic rings. The van der Waals surface area contributed by atoms with Gasteiger partial charge < -0.3 is 19.5 Å². The zero-order valence-electron chi connectivity index (χ0n) is 12.6. The summed E-state index contributed by atoms with van der Waals surface area (Å²) < 4.78 is 17.0. The minimum Gasteiger partial charge on any atom is -0.497 e. The minimum atomic E-state index is 0.215. The van der Waals surface area contributed by atoms with E-state index in [-0.39, 0.29) is 12.1 Å². The molecule has 2 unspecified atom stereocenters. The second kappa shape index (κ2) is 7.50. The molecule has 0 bridgehead atoms. The van der Waals surface area contributed by atoms with E-state index >= 15 is 0 Å². The van der Waals surface area contributed by atoms with Crippen molar-refractivity contribution >= 4 is 0 Å². The molecule has 1 fully saturated rings. The maximum Gasteiger partial charge on any atom is 0.127 e. The summed E-state index contributed by atoms with van der Waals surface area (Å²) in [6.45, 7) is 3.58. The Morgan fingerprint density at radius 2 is 2.25 bits per heavy atom. The molecule has 4 heteroatoms. The molecule has 0 aromatic heterocycles. The zero-order valence-corrected chi connectivity index (χ0v) is 12.6. The molecular formula is C16H25NO3. The van der Waals surface area contributed by atoms with Crippen LogP contribution in [-0.4, -0.2) is 33.5 Å². The van der Waals surface area contributed by atoms with Crippen molar-refractivity contribution in [2.24, 2.45) is 0 Å². The molecule has 1 aliphatic heterocycles. The summed E-state index contributed by atoms with van der Waals surface area (Å²) in [5, 5.41) is 3.24. The summed E-state index contributed by atoms with van der Waals surface area (Å²) in [6.07, 6.45) is 3.69. The lowest BCUT2D eigenvalue weighted by atomic mass is 10.1. The highest BCUT2D eigenvalue weighted by atomic mass is 16.5. The van der Waals surface area contributed by atoms with Gasteiger partial charge in [0.05, 0.1) is 13.2 Å². The molecule has 1 aliphatic rings. The lowest BCUT2D eigenvalue weighted by molar-refractivity contribution is -0.0113. The van der Waals surface area contributed by atoms with E-state index in [1.807, 2.05) is 19.2 Å². The second-order valence-corrected chi connectivity index (χ2v) is 5.21. The molecule has 1 heterocycles. The zero-order chi connectivity index (χ0) is 14.4. The quantitative estimate of drug-likeness (QED) is 0.869. The number of hydrogen-bond acceptors (Lipinski definition) is 4. The molecule has 112 valence electrons. The highest BCUT2D eigenvalue weighted by molar-refractivity contribution is 5.42. The van der Waals surface area contributed by atoms with Crippen LogP contribution in [0.5, 0.6) is 11.5 Å². The minimum absolute atomic E-state index is 0.215. The van der Waals surface area contributed by atoms with Gasteiger partial charge in [-0.05, 0) is 39.3 Å². The third-order valence-electron chi connectivity index (χ3n) is 3.82. The maximum atomic E-state index is 6.00. The van der Waals surface area contributed by atoms with Gasteiger partial charge in [-0.25, -0.2) is 0 Å². The van der Waals surface area contributed by atoms with Gasteiger partial charge in [0.25, 0.3) is 0 Å². The summed E-state index contributed by atoms with van der Waals surface area (Å²) in [5.41, 5.74) is 1.14. The molecule has 1 saturated heterocycles. The van der Waals surface area contributed by atoms with Crippen LogP contribution >= 0.6 is 0 Å². The van der Waals surface area contributed by atoms with Crippen molar-refractivity contribution in [3.05, 3.63) is 23.8 Å². The van der Waals surface area contributed by atoms with E-state index in [0.717, 1.165) is 36.5 Å². The Morgan fingerprint density at radius 3 is 2.90 bits per heavy atom. The van der Waals surface area contributed by atoms with Crippen LogP contribution in [0.1, 0.15) is 37.8 Å². The fraction of sp³-hybridized carbons (Fsp3) is 0.625. The van der Waals surface area contributed by atoms with Gasteiger partial charge in [-0.15, -0.1) is 0 Å². The van der Waals surface area contributed by atoms with E-state index in [2.05, 4.69) is 18.3 Å². The number of nitrogens with one attached hydrogen (secondary N) is 1. The number of ether oxygens (including phenoxy) is 3. The molecule has 0 amide bonds. The third kappa shape index (κ3) is 3.87. The van der Waals surface area contributed by atoms with E-state index in [0.29, 0.717) is 6.61 Å². The predicted molar refractivity (Wildman–Crippen MR) is 79.6 cm³/mol. The molecule has 20 heavy (non-hydrogen) atoms. The fourth-order valence-corrected chi connectivity index (χ4v) is 2.40. The van der Waals surface area contributed by atoms with E-state index in [4.69, 9.17) is 14.2 Å². The fourth-order valence-electron chi connectivity index (χ4n) is 2.40. The van der Waals surface area contributed by atoms with Gasteiger partial charge >= 0.3 is 0 Å². The lowest BCUT2D eigenvalue weighted by Crippen LogP contribution is -2.26. The smallest absolute Gasteiger partial charge is 0.127 e. The highest BCUT2D eigenvalue weighted by Gasteiger charge is 2.17. The Morgan fingerprint density at radius 1 is 1.40 bits per heavy atom. The van der Waals surface area contributed by atoms with Crippen molar-refractivity contribution in [2.45, 2.75) is 38.3 Å². The first-order valence-corrected chi connectivity index (χ1v) is 7.34. The van der Waals surface area contributed by atoms with E-state index in [9.17, 15) is 0 Å². The predicted octanol–water partition coefficient (Wildman–Crippen LogP) is 2.92. The molecule has 1 N–H and O–H groups in total. The van der Waals surface area contributed by atoms with Crippen LogP contribution in [0.25, 0.3) is 0 Å². The lowest BCUT2D eigenvalue weighted by Gasteiger charge is -2.24.